The Morgan fingerprint density at radius 3 is 2.75 bits per heavy atom. The van der Waals surface area contributed by atoms with E-state index in [1.54, 1.807) is 0 Å². The van der Waals surface area contributed by atoms with Crippen LogP contribution in [0.4, 0.5) is 4.79 Å². The lowest BCUT2D eigenvalue weighted by Crippen LogP contribution is -2.43. The summed E-state index contributed by atoms with van der Waals surface area (Å²) in [6.07, 6.45) is 5.11. The number of nitrogens with zero attached hydrogens (tertiary/aromatic N) is 1. The lowest BCUT2D eigenvalue weighted by atomic mass is 10.1. The maximum absolute atomic E-state index is 12.0. The Labute approximate surface area is 120 Å². The van der Waals surface area contributed by atoms with Crippen molar-refractivity contribution in [1.82, 2.24) is 15.8 Å². The number of hydrogen-bond acceptors (Lipinski definition) is 3. The molecule has 5 nitrogen and oxygen atoms in total. The molecule has 2 N–H and O–H groups in total. The van der Waals surface area contributed by atoms with Gasteiger partial charge in [0, 0.05) is 24.6 Å². The summed E-state index contributed by atoms with van der Waals surface area (Å²) in [7, 11) is 0. The number of rotatable bonds is 5. The van der Waals surface area contributed by atoms with Crippen molar-refractivity contribution in [3.63, 3.8) is 0 Å². The Morgan fingerprint density at radius 2 is 2.15 bits per heavy atom. The van der Waals surface area contributed by atoms with Crippen molar-refractivity contribution in [2.45, 2.75) is 65.5 Å². The first-order chi connectivity index (χ1) is 9.65. The first-order valence-electron chi connectivity index (χ1n) is 7.66. The van der Waals surface area contributed by atoms with Gasteiger partial charge in [0.1, 0.15) is 5.76 Å². The summed E-state index contributed by atoms with van der Waals surface area (Å²) in [6.45, 7) is 6.76. The second-order valence-corrected chi connectivity index (χ2v) is 5.58. The quantitative estimate of drug-likeness (QED) is 0.871. The minimum Gasteiger partial charge on any atom is -0.361 e. The van der Waals surface area contributed by atoms with Crippen LogP contribution >= 0.6 is 0 Å². The molecule has 5 heteroatoms. The molecule has 0 bridgehead atoms. The number of carbonyl (C=O) groups excluding carboxylic acids is 1. The van der Waals surface area contributed by atoms with Crippen molar-refractivity contribution in [2.75, 3.05) is 0 Å². The molecule has 2 amide bonds. The fraction of sp³-hybridized carbons (Fsp3) is 0.733. The Bertz CT molecular complexity index is 434. The van der Waals surface area contributed by atoms with Crippen molar-refractivity contribution in [3.8, 4) is 0 Å². The zero-order valence-corrected chi connectivity index (χ0v) is 12.7. The van der Waals surface area contributed by atoms with Crippen LogP contribution in [0.3, 0.4) is 0 Å². The Hall–Kier alpha value is -1.52. The van der Waals surface area contributed by atoms with Crippen molar-refractivity contribution in [2.24, 2.45) is 5.92 Å². The van der Waals surface area contributed by atoms with E-state index in [4.69, 9.17) is 4.52 Å². The van der Waals surface area contributed by atoms with Gasteiger partial charge in [-0.05, 0) is 25.2 Å². The van der Waals surface area contributed by atoms with E-state index in [0.29, 0.717) is 18.5 Å². The number of hydrogen-bond donors (Lipinski definition) is 2. The number of nitrogens with one attached hydrogen (secondary N) is 2. The molecule has 1 aromatic heterocycles. The molecule has 1 aromatic rings. The van der Waals surface area contributed by atoms with Crippen LogP contribution in [-0.2, 0) is 19.4 Å². The molecule has 2 atom stereocenters. The minimum absolute atomic E-state index is 0.0888. The average molecular weight is 279 g/mol. The molecular weight excluding hydrogens is 254 g/mol. The standard InChI is InChI=1S/C15H25N3O2/c1-4-12-11(14(5-2)20-18-12)9-16-15(19)17-13-8-6-7-10(13)3/h10,13H,4-9H2,1-3H3,(H2,16,17,19)/t10-,13-/m0/s1. The highest BCUT2D eigenvalue weighted by Gasteiger charge is 2.24. The molecule has 0 spiro atoms. The van der Waals surface area contributed by atoms with Crippen LogP contribution in [-0.4, -0.2) is 17.2 Å². The largest absolute Gasteiger partial charge is 0.361 e. The van der Waals surface area contributed by atoms with Crippen LogP contribution < -0.4 is 10.6 Å². The predicted molar refractivity (Wildman–Crippen MR) is 77.4 cm³/mol. The third-order valence-corrected chi connectivity index (χ3v) is 4.21. The molecule has 0 aromatic carbocycles. The summed E-state index contributed by atoms with van der Waals surface area (Å²) in [6, 6.07) is 0.225. The van der Waals surface area contributed by atoms with E-state index in [1.165, 1.54) is 12.8 Å². The van der Waals surface area contributed by atoms with Gasteiger partial charge in [-0.25, -0.2) is 4.79 Å². The number of amides is 2. The smallest absolute Gasteiger partial charge is 0.315 e. The molecule has 1 aliphatic rings. The average Bonchev–Trinajstić information content (AvgIpc) is 3.02. The number of aryl methyl sites for hydroxylation is 2. The van der Waals surface area contributed by atoms with E-state index in [1.807, 2.05) is 13.8 Å². The summed E-state index contributed by atoms with van der Waals surface area (Å²) < 4.78 is 5.30. The van der Waals surface area contributed by atoms with E-state index in [0.717, 1.165) is 36.3 Å². The summed E-state index contributed by atoms with van der Waals surface area (Å²) in [5, 5.41) is 10.0. The monoisotopic (exact) mass is 279 g/mol. The highest BCUT2D eigenvalue weighted by atomic mass is 16.5. The fourth-order valence-corrected chi connectivity index (χ4v) is 2.89. The zero-order chi connectivity index (χ0) is 14.5. The van der Waals surface area contributed by atoms with Gasteiger partial charge >= 0.3 is 6.03 Å². The lowest BCUT2D eigenvalue weighted by molar-refractivity contribution is 0.234. The first-order valence-corrected chi connectivity index (χ1v) is 7.66. The molecule has 1 fully saturated rings. The molecule has 112 valence electrons. The molecule has 0 aliphatic heterocycles. The van der Waals surface area contributed by atoms with Crippen molar-refractivity contribution < 1.29 is 9.32 Å². The Balaban J connectivity index is 1.88. The normalized spacial score (nSPS) is 21.9. The van der Waals surface area contributed by atoms with Gasteiger partial charge in [-0.1, -0.05) is 32.3 Å². The topological polar surface area (TPSA) is 67.2 Å². The summed E-state index contributed by atoms with van der Waals surface area (Å²) >= 11 is 0. The Morgan fingerprint density at radius 1 is 1.35 bits per heavy atom. The molecule has 20 heavy (non-hydrogen) atoms. The predicted octanol–water partition coefficient (Wildman–Crippen LogP) is 2.79. The summed E-state index contributed by atoms with van der Waals surface area (Å²) in [4.78, 5) is 12.0. The first kappa shape index (κ1) is 14.9. The van der Waals surface area contributed by atoms with Crippen LogP contribution in [0.15, 0.2) is 4.52 Å². The molecule has 2 rings (SSSR count). The van der Waals surface area contributed by atoms with E-state index in [-0.39, 0.29) is 6.03 Å². The van der Waals surface area contributed by atoms with Gasteiger partial charge < -0.3 is 15.2 Å². The van der Waals surface area contributed by atoms with E-state index in [9.17, 15) is 4.79 Å². The SMILES string of the molecule is CCc1noc(CC)c1CNC(=O)N[C@H]1CCC[C@@H]1C. The maximum atomic E-state index is 12.0. The van der Waals surface area contributed by atoms with Gasteiger partial charge in [0.25, 0.3) is 0 Å². The van der Waals surface area contributed by atoms with E-state index < -0.39 is 0 Å². The molecule has 1 aliphatic carbocycles. The van der Waals surface area contributed by atoms with Gasteiger partial charge in [0.05, 0.1) is 5.69 Å². The summed E-state index contributed by atoms with van der Waals surface area (Å²) in [5.41, 5.74) is 1.97. The second-order valence-electron chi connectivity index (χ2n) is 5.58. The summed E-state index contributed by atoms with van der Waals surface area (Å²) in [5.74, 6) is 1.45. The van der Waals surface area contributed by atoms with E-state index in [2.05, 4.69) is 22.7 Å². The number of carbonyl (C=O) groups is 1. The van der Waals surface area contributed by atoms with Gasteiger partial charge in [0.15, 0.2) is 0 Å². The number of urea groups is 1. The second kappa shape index (κ2) is 6.77. The van der Waals surface area contributed by atoms with Gasteiger partial charge in [-0.2, -0.15) is 0 Å². The van der Waals surface area contributed by atoms with Gasteiger partial charge in [-0.3, -0.25) is 0 Å². The van der Waals surface area contributed by atoms with Crippen molar-refractivity contribution in [3.05, 3.63) is 17.0 Å². The molecule has 1 heterocycles. The zero-order valence-electron chi connectivity index (χ0n) is 12.7. The molecular formula is C15H25N3O2. The van der Waals surface area contributed by atoms with Crippen LogP contribution in [0.2, 0.25) is 0 Å². The van der Waals surface area contributed by atoms with Gasteiger partial charge in [-0.15, -0.1) is 0 Å². The highest BCUT2D eigenvalue weighted by Crippen LogP contribution is 2.24. The van der Waals surface area contributed by atoms with Crippen molar-refractivity contribution in [1.29, 1.82) is 0 Å². The fourth-order valence-electron chi connectivity index (χ4n) is 2.89. The Kier molecular flexibility index (Phi) is 5.04. The molecule has 0 unspecified atom stereocenters. The van der Waals surface area contributed by atoms with Crippen LogP contribution in [0, 0.1) is 5.92 Å². The van der Waals surface area contributed by atoms with Gasteiger partial charge in [0.2, 0.25) is 0 Å². The van der Waals surface area contributed by atoms with Crippen LogP contribution in [0.25, 0.3) is 0 Å². The number of aromatic nitrogens is 1. The highest BCUT2D eigenvalue weighted by molar-refractivity contribution is 5.74. The molecule has 0 saturated heterocycles. The van der Waals surface area contributed by atoms with Crippen LogP contribution in [0.5, 0.6) is 0 Å². The minimum atomic E-state index is -0.0888. The maximum Gasteiger partial charge on any atom is 0.315 e. The van der Waals surface area contributed by atoms with E-state index >= 15 is 0 Å². The lowest BCUT2D eigenvalue weighted by Gasteiger charge is -2.17. The molecule has 0 radical (unpaired) electrons. The third kappa shape index (κ3) is 3.32. The van der Waals surface area contributed by atoms with Crippen LogP contribution in [0.1, 0.15) is 57.1 Å². The van der Waals surface area contributed by atoms with Crippen molar-refractivity contribution >= 4 is 6.03 Å². The third-order valence-electron chi connectivity index (χ3n) is 4.21. The molecule has 1 saturated carbocycles.